The second-order valence-electron chi connectivity index (χ2n) is 4.61. The molecule has 2 heterocycles. The number of benzene rings is 1. The molecule has 0 atom stereocenters. The Kier molecular flexibility index (Phi) is 3.25. The van der Waals surface area contributed by atoms with Crippen LogP contribution in [0.1, 0.15) is 5.69 Å². The van der Waals surface area contributed by atoms with Crippen molar-refractivity contribution in [2.75, 3.05) is 7.11 Å². The third-order valence-electron chi connectivity index (χ3n) is 3.31. The highest BCUT2D eigenvalue weighted by atomic mass is 16.5. The maximum absolute atomic E-state index is 5.31. The van der Waals surface area contributed by atoms with E-state index < -0.39 is 0 Å². The number of ether oxygens (including phenoxy) is 1. The molecule has 0 amide bonds. The first-order chi connectivity index (χ1) is 9.79. The summed E-state index contributed by atoms with van der Waals surface area (Å²) < 4.78 is 7.49. The summed E-state index contributed by atoms with van der Waals surface area (Å²) in [7, 11) is 1.68. The number of rotatable bonds is 3. The summed E-state index contributed by atoms with van der Waals surface area (Å²) in [5.74, 6) is 0.850. The van der Waals surface area contributed by atoms with Gasteiger partial charge in [0.25, 0.3) is 0 Å². The molecule has 0 aliphatic rings. The fourth-order valence-corrected chi connectivity index (χ4v) is 2.35. The third kappa shape index (κ3) is 2.18. The van der Waals surface area contributed by atoms with Crippen molar-refractivity contribution >= 4 is 0 Å². The van der Waals surface area contributed by atoms with Crippen LogP contribution in [0.4, 0.5) is 0 Å². The minimum atomic E-state index is 0.850. The van der Waals surface area contributed by atoms with Crippen molar-refractivity contribution in [1.29, 1.82) is 0 Å². The smallest absolute Gasteiger partial charge is 0.120 e. The van der Waals surface area contributed by atoms with Gasteiger partial charge < -0.3 is 9.30 Å². The Labute approximate surface area is 118 Å². The van der Waals surface area contributed by atoms with Gasteiger partial charge in [-0.2, -0.15) is 0 Å². The lowest BCUT2D eigenvalue weighted by molar-refractivity contribution is 0.414. The van der Waals surface area contributed by atoms with E-state index in [0.29, 0.717) is 0 Å². The van der Waals surface area contributed by atoms with Crippen LogP contribution in [0.25, 0.3) is 17.1 Å². The number of pyridine rings is 1. The van der Waals surface area contributed by atoms with Crippen LogP contribution in [0.15, 0.2) is 60.8 Å². The van der Waals surface area contributed by atoms with E-state index in [0.717, 1.165) is 22.8 Å². The van der Waals surface area contributed by atoms with Gasteiger partial charge in [-0.15, -0.1) is 0 Å². The van der Waals surface area contributed by atoms with Crippen molar-refractivity contribution < 1.29 is 4.74 Å². The molecule has 3 aromatic rings. The number of hydrogen-bond donors (Lipinski definition) is 0. The first-order valence-electron chi connectivity index (χ1n) is 6.54. The molecule has 0 aliphatic carbocycles. The van der Waals surface area contributed by atoms with Crippen molar-refractivity contribution in [3.05, 3.63) is 66.5 Å². The van der Waals surface area contributed by atoms with Crippen molar-refractivity contribution in [2.24, 2.45) is 0 Å². The van der Waals surface area contributed by atoms with E-state index in [2.05, 4.69) is 34.7 Å². The van der Waals surface area contributed by atoms with E-state index in [1.54, 1.807) is 7.11 Å². The zero-order valence-electron chi connectivity index (χ0n) is 11.6. The van der Waals surface area contributed by atoms with Gasteiger partial charge in [-0.25, -0.2) is 0 Å². The van der Waals surface area contributed by atoms with Crippen molar-refractivity contribution in [1.82, 2.24) is 9.55 Å². The fourth-order valence-electron chi connectivity index (χ4n) is 2.35. The molecule has 0 radical (unpaired) electrons. The molecular formula is C17H16N2O. The minimum absolute atomic E-state index is 0.850. The maximum Gasteiger partial charge on any atom is 0.120 e. The molecule has 0 saturated heterocycles. The summed E-state index contributed by atoms with van der Waals surface area (Å²) in [6, 6.07) is 18.2. The van der Waals surface area contributed by atoms with E-state index in [9.17, 15) is 0 Å². The average molecular weight is 264 g/mol. The van der Waals surface area contributed by atoms with Gasteiger partial charge in [-0.3, -0.25) is 4.98 Å². The highest BCUT2D eigenvalue weighted by Crippen LogP contribution is 2.26. The molecule has 0 N–H and O–H groups in total. The molecule has 100 valence electrons. The zero-order valence-corrected chi connectivity index (χ0v) is 11.6. The third-order valence-corrected chi connectivity index (χ3v) is 3.31. The Hall–Kier alpha value is -2.55. The molecule has 0 saturated carbocycles. The van der Waals surface area contributed by atoms with Crippen LogP contribution in [0, 0.1) is 6.92 Å². The summed E-state index contributed by atoms with van der Waals surface area (Å²) in [6.07, 6.45) is 1.81. The maximum atomic E-state index is 5.31. The van der Waals surface area contributed by atoms with Gasteiger partial charge in [0.15, 0.2) is 0 Å². The van der Waals surface area contributed by atoms with Crippen LogP contribution < -0.4 is 4.74 Å². The second-order valence-corrected chi connectivity index (χ2v) is 4.61. The predicted molar refractivity (Wildman–Crippen MR) is 80.3 cm³/mol. The predicted octanol–water partition coefficient (Wildman–Crippen LogP) is 3.86. The molecule has 3 heteroatoms. The molecule has 1 aromatic carbocycles. The van der Waals surface area contributed by atoms with E-state index in [4.69, 9.17) is 4.74 Å². The SMILES string of the molecule is COc1cccc(-n2c(C)ccc2-c2ccccn2)c1. The van der Waals surface area contributed by atoms with Gasteiger partial charge in [0.1, 0.15) is 5.75 Å². The first kappa shape index (κ1) is 12.5. The quantitative estimate of drug-likeness (QED) is 0.718. The zero-order chi connectivity index (χ0) is 13.9. The van der Waals surface area contributed by atoms with Crippen LogP contribution in [0.3, 0.4) is 0 Å². The minimum Gasteiger partial charge on any atom is -0.497 e. The van der Waals surface area contributed by atoms with E-state index in [1.165, 1.54) is 5.69 Å². The van der Waals surface area contributed by atoms with Gasteiger partial charge in [0.05, 0.1) is 18.5 Å². The fraction of sp³-hybridized carbons (Fsp3) is 0.118. The van der Waals surface area contributed by atoms with Crippen molar-refractivity contribution in [2.45, 2.75) is 6.92 Å². The molecular weight excluding hydrogens is 248 g/mol. The highest BCUT2D eigenvalue weighted by molar-refractivity contribution is 5.60. The Morgan fingerprint density at radius 3 is 2.65 bits per heavy atom. The summed E-state index contributed by atoms with van der Waals surface area (Å²) in [5, 5.41) is 0. The first-order valence-corrected chi connectivity index (χ1v) is 6.54. The van der Waals surface area contributed by atoms with Crippen molar-refractivity contribution in [3.63, 3.8) is 0 Å². The standard InChI is InChI=1S/C17H16N2O/c1-13-9-10-17(16-8-3-4-11-18-16)19(13)14-6-5-7-15(12-14)20-2/h3-12H,1-2H3. The molecule has 0 spiro atoms. The van der Waals surface area contributed by atoms with Crippen LogP contribution in [0.5, 0.6) is 5.75 Å². The van der Waals surface area contributed by atoms with Crippen LogP contribution in [-0.2, 0) is 0 Å². The molecule has 0 unspecified atom stereocenters. The molecule has 0 aliphatic heterocycles. The van der Waals surface area contributed by atoms with Gasteiger partial charge in [-0.05, 0) is 43.3 Å². The van der Waals surface area contributed by atoms with Gasteiger partial charge in [-0.1, -0.05) is 12.1 Å². The van der Waals surface area contributed by atoms with Gasteiger partial charge in [0, 0.05) is 23.6 Å². The molecule has 2 aromatic heterocycles. The summed E-state index contributed by atoms with van der Waals surface area (Å²) in [5.41, 5.74) is 4.28. The molecule has 0 bridgehead atoms. The van der Waals surface area contributed by atoms with Crippen molar-refractivity contribution in [3.8, 4) is 22.8 Å². The van der Waals surface area contributed by atoms with Crippen LogP contribution >= 0.6 is 0 Å². The highest BCUT2D eigenvalue weighted by Gasteiger charge is 2.10. The van der Waals surface area contributed by atoms with E-state index >= 15 is 0 Å². The van der Waals surface area contributed by atoms with Crippen LogP contribution in [-0.4, -0.2) is 16.7 Å². The lowest BCUT2D eigenvalue weighted by Crippen LogP contribution is -2.00. The Balaban J connectivity index is 2.16. The van der Waals surface area contributed by atoms with Gasteiger partial charge >= 0.3 is 0 Å². The Bertz CT molecular complexity index is 717. The monoisotopic (exact) mass is 264 g/mol. The lowest BCUT2D eigenvalue weighted by Gasteiger charge is -2.12. The number of aryl methyl sites for hydroxylation is 1. The summed E-state index contributed by atoms with van der Waals surface area (Å²) in [6.45, 7) is 2.09. The van der Waals surface area contributed by atoms with Gasteiger partial charge in [0.2, 0.25) is 0 Å². The molecule has 20 heavy (non-hydrogen) atoms. The Morgan fingerprint density at radius 1 is 1.00 bits per heavy atom. The summed E-state index contributed by atoms with van der Waals surface area (Å²) >= 11 is 0. The lowest BCUT2D eigenvalue weighted by atomic mass is 10.2. The molecule has 3 nitrogen and oxygen atoms in total. The molecule has 0 fully saturated rings. The largest absolute Gasteiger partial charge is 0.497 e. The number of hydrogen-bond acceptors (Lipinski definition) is 2. The second kappa shape index (κ2) is 5.21. The topological polar surface area (TPSA) is 27.1 Å². The summed E-state index contributed by atoms with van der Waals surface area (Å²) in [4.78, 5) is 4.44. The Morgan fingerprint density at radius 2 is 1.90 bits per heavy atom. The number of methoxy groups -OCH3 is 1. The van der Waals surface area contributed by atoms with E-state index in [1.807, 2.05) is 42.6 Å². The average Bonchev–Trinajstić information content (AvgIpc) is 2.90. The number of nitrogens with zero attached hydrogens (tertiary/aromatic N) is 2. The molecule has 3 rings (SSSR count). The van der Waals surface area contributed by atoms with E-state index in [-0.39, 0.29) is 0 Å². The number of aromatic nitrogens is 2. The van der Waals surface area contributed by atoms with Crippen LogP contribution in [0.2, 0.25) is 0 Å². The normalized spacial score (nSPS) is 10.5.